The van der Waals surface area contributed by atoms with Crippen LogP contribution in [0.25, 0.3) is 0 Å². The van der Waals surface area contributed by atoms with Crippen molar-refractivity contribution >= 4 is 0 Å². The van der Waals surface area contributed by atoms with E-state index in [2.05, 4.69) is 45.7 Å². The smallest absolute Gasteiger partial charge is 0.0726 e. The normalized spacial score (nSPS) is 21.5. The fourth-order valence-corrected chi connectivity index (χ4v) is 3.25. The van der Waals surface area contributed by atoms with E-state index in [1.165, 1.54) is 24.1 Å². The quantitative estimate of drug-likeness (QED) is 0.932. The van der Waals surface area contributed by atoms with Crippen LogP contribution in [0.4, 0.5) is 0 Å². The van der Waals surface area contributed by atoms with Gasteiger partial charge in [-0.15, -0.1) is 0 Å². The lowest BCUT2D eigenvalue weighted by molar-refractivity contribution is 0.0956. The van der Waals surface area contributed by atoms with E-state index in [9.17, 15) is 0 Å². The molecule has 1 aliphatic rings. The molecule has 0 aromatic carbocycles. The number of nitrogens with two attached hydrogens (primary N) is 1. The number of rotatable bonds is 3. The highest BCUT2D eigenvalue weighted by Gasteiger charge is 2.33. The summed E-state index contributed by atoms with van der Waals surface area (Å²) < 4.78 is 1.94. The van der Waals surface area contributed by atoms with Gasteiger partial charge in [0, 0.05) is 30.8 Å². The highest BCUT2D eigenvalue weighted by Crippen LogP contribution is 2.36. The van der Waals surface area contributed by atoms with Gasteiger partial charge in [0.25, 0.3) is 0 Å². The highest BCUT2D eigenvalue weighted by atomic mass is 15.3. The number of aromatic nitrogens is 2. The number of piperidine rings is 1. The minimum Gasteiger partial charge on any atom is -0.329 e. The van der Waals surface area contributed by atoms with Crippen molar-refractivity contribution in [2.45, 2.75) is 58.9 Å². The van der Waals surface area contributed by atoms with Crippen LogP contribution in [0.3, 0.4) is 0 Å². The molecule has 4 heteroatoms. The lowest BCUT2D eigenvalue weighted by Crippen LogP contribution is -2.42. The third-order valence-corrected chi connectivity index (χ3v) is 4.74. The van der Waals surface area contributed by atoms with Gasteiger partial charge in [-0.05, 0) is 31.3 Å². The van der Waals surface area contributed by atoms with E-state index in [4.69, 9.17) is 10.8 Å². The van der Waals surface area contributed by atoms with Crippen LogP contribution in [0.2, 0.25) is 0 Å². The second-order valence-electron chi connectivity index (χ2n) is 8.31. The van der Waals surface area contributed by atoms with Crippen LogP contribution >= 0.6 is 0 Å². The van der Waals surface area contributed by atoms with Crippen LogP contribution in [0.1, 0.15) is 64.8 Å². The monoisotopic (exact) mass is 292 g/mol. The van der Waals surface area contributed by atoms with Gasteiger partial charge in [-0.1, -0.05) is 34.6 Å². The predicted molar refractivity (Wildman–Crippen MR) is 88.3 cm³/mol. The first-order valence-electron chi connectivity index (χ1n) is 8.12. The summed E-state index contributed by atoms with van der Waals surface area (Å²) in [5.41, 5.74) is 9.17. The molecule has 120 valence electrons. The molecule has 0 radical (unpaired) electrons. The van der Waals surface area contributed by atoms with Crippen molar-refractivity contribution in [2.24, 2.45) is 18.2 Å². The molecule has 0 saturated carbocycles. The summed E-state index contributed by atoms with van der Waals surface area (Å²) in [7, 11) is 2.01. The Morgan fingerprint density at radius 2 is 1.86 bits per heavy atom. The van der Waals surface area contributed by atoms with Gasteiger partial charge in [-0.25, -0.2) is 0 Å². The van der Waals surface area contributed by atoms with E-state index in [-0.39, 0.29) is 5.41 Å². The van der Waals surface area contributed by atoms with Crippen molar-refractivity contribution in [3.63, 3.8) is 0 Å². The molecule has 2 rings (SSSR count). The van der Waals surface area contributed by atoms with Crippen molar-refractivity contribution in [3.8, 4) is 0 Å². The van der Waals surface area contributed by atoms with Gasteiger partial charge in [0.1, 0.15) is 0 Å². The minimum absolute atomic E-state index is 0.0546. The van der Waals surface area contributed by atoms with E-state index in [1.54, 1.807) is 0 Å². The average molecular weight is 292 g/mol. The molecule has 2 N–H and O–H groups in total. The van der Waals surface area contributed by atoms with Crippen molar-refractivity contribution in [1.29, 1.82) is 0 Å². The van der Waals surface area contributed by atoms with Crippen LogP contribution in [0.5, 0.6) is 0 Å². The molecule has 0 bridgehead atoms. The SMILES string of the molecule is Cn1cc(C(CN)N2CCC(C)(C)CC2)c(C(C)(C)C)n1. The molecule has 0 amide bonds. The standard InChI is InChI=1S/C17H32N4/c1-16(2,3)15-13(12-20(6)19-15)14(11-18)21-9-7-17(4,5)8-10-21/h12,14H,7-11,18H2,1-6H3. The van der Waals surface area contributed by atoms with E-state index >= 15 is 0 Å². The van der Waals surface area contributed by atoms with Crippen LogP contribution in [-0.4, -0.2) is 34.3 Å². The minimum atomic E-state index is 0.0546. The topological polar surface area (TPSA) is 47.1 Å². The Balaban J connectivity index is 2.26. The number of aryl methyl sites for hydroxylation is 1. The Kier molecular flexibility index (Phi) is 4.50. The molecular weight excluding hydrogens is 260 g/mol. The molecule has 1 aliphatic heterocycles. The summed E-state index contributed by atoms with van der Waals surface area (Å²) in [4.78, 5) is 2.55. The first-order valence-corrected chi connectivity index (χ1v) is 8.12. The Morgan fingerprint density at radius 1 is 1.29 bits per heavy atom. The first-order chi connectivity index (χ1) is 9.64. The number of hydrogen-bond donors (Lipinski definition) is 1. The molecule has 0 spiro atoms. The summed E-state index contributed by atoms with van der Waals surface area (Å²) in [6.45, 7) is 14.3. The fraction of sp³-hybridized carbons (Fsp3) is 0.824. The molecule has 1 fully saturated rings. The summed E-state index contributed by atoms with van der Waals surface area (Å²) in [6.07, 6.45) is 4.65. The Bertz CT molecular complexity index is 471. The predicted octanol–water partition coefficient (Wildman–Crippen LogP) is 2.84. The van der Waals surface area contributed by atoms with Gasteiger partial charge in [0.05, 0.1) is 11.7 Å². The second kappa shape index (κ2) is 5.73. The van der Waals surface area contributed by atoms with Crippen LogP contribution in [0, 0.1) is 5.41 Å². The van der Waals surface area contributed by atoms with Crippen LogP contribution < -0.4 is 5.73 Å². The van der Waals surface area contributed by atoms with Gasteiger partial charge in [-0.2, -0.15) is 5.10 Å². The molecular formula is C17H32N4. The fourth-order valence-electron chi connectivity index (χ4n) is 3.25. The van der Waals surface area contributed by atoms with Crippen molar-refractivity contribution < 1.29 is 0 Å². The lowest BCUT2D eigenvalue weighted by Gasteiger charge is -2.41. The van der Waals surface area contributed by atoms with E-state index in [0.717, 1.165) is 13.1 Å². The molecule has 1 unspecified atom stereocenters. The van der Waals surface area contributed by atoms with Gasteiger partial charge in [-0.3, -0.25) is 9.58 Å². The summed E-state index contributed by atoms with van der Waals surface area (Å²) >= 11 is 0. The third kappa shape index (κ3) is 3.67. The van der Waals surface area contributed by atoms with Gasteiger partial charge in [0.2, 0.25) is 0 Å². The molecule has 2 heterocycles. The second-order valence-corrected chi connectivity index (χ2v) is 8.31. The van der Waals surface area contributed by atoms with Crippen molar-refractivity contribution in [3.05, 3.63) is 17.5 Å². The zero-order valence-corrected chi connectivity index (χ0v) is 14.6. The maximum absolute atomic E-state index is 6.15. The molecule has 1 atom stereocenters. The van der Waals surface area contributed by atoms with E-state index in [0.29, 0.717) is 18.0 Å². The van der Waals surface area contributed by atoms with Crippen molar-refractivity contribution in [1.82, 2.24) is 14.7 Å². The Hall–Kier alpha value is -0.870. The third-order valence-electron chi connectivity index (χ3n) is 4.74. The summed E-state index contributed by atoms with van der Waals surface area (Å²) in [6, 6.07) is 0.295. The van der Waals surface area contributed by atoms with Gasteiger partial charge >= 0.3 is 0 Å². The molecule has 4 nitrogen and oxygen atoms in total. The summed E-state index contributed by atoms with van der Waals surface area (Å²) in [5, 5.41) is 4.71. The zero-order chi connectivity index (χ0) is 15.8. The Labute approximate surface area is 129 Å². The lowest BCUT2D eigenvalue weighted by atomic mass is 9.81. The number of hydrogen-bond acceptors (Lipinski definition) is 3. The zero-order valence-electron chi connectivity index (χ0n) is 14.6. The van der Waals surface area contributed by atoms with Gasteiger partial charge < -0.3 is 5.73 Å². The van der Waals surface area contributed by atoms with Crippen LogP contribution in [-0.2, 0) is 12.5 Å². The van der Waals surface area contributed by atoms with Crippen LogP contribution in [0.15, 0.2) is 6.20 Å². The molecule has 1 aromatic heterocycles. The maximum Gasteiger partial charge on any atom is 0.0726 e. The highest BCUT2D eigenvalue weighted by molar-refractivity contribution is 5.28. The number of nitrogens with zero attached hydrogens (tertiary/aromatic N) is 3. The average Bonchev–Trinajstić information content (AvgIpc) is 2.74. The Morgan fingerprint density at radius 3 is 2.33 bits per heavy atom. The maximum atomic E-state index is 6.15. The molecule has 1 saturated heterocycles. The van der Waals surface area contributed by atoms with E-state index in [1.807, 2.05) is 11.7 Å². The van der Waals surface area contributed by atoms with E-state index < -0.39 is 0 Å². The largest absolute Gasteiger partial charge is 0.329 e. The molecule has 1 aromatic rings. The first kappa shape index (κ1) is 16.5. The summed E-state index contributed by atoms with van der Waals surface area (Å²) in [5.74, 6) is 0. The van der Waals surface area contributed by atoms with Crippen molar-refractivity contribution in [2.75, 3.05) is 19.6 Å². The molecule has 21 heavy (non-hydrogen) atoms. The molecule has 0 aliphatic carbocycles. The number of likely N-dealkylation sites (tertiary alicyclic amines) is 1. The van der Waals surface area contributed by atoms with Gasteiger partial charge in [0.15, 0.2) is 0 Å².